The summed E-state index contributed by atoms with van der Waals surface area (Å²) in [6.45, 7) is 0. The van der Waals surface area contributed by atoms with Crippen LogP contribution in [0, 0.1) is 0 Å². The first-order chi connectivity index (χ1) is 7.18. The Kier molecular flexibility index (Phi) is 2.74. The van der Waals surface area contributed by atoms with Crippen LogP contribution >= 0.6 is 23.4 Å². The van der Waals surface area contributed by atoms with Gasteiger partial charge in [-0.05, 0) is 11.8 Å². The van der Waals surface area contributed by atoms with Crippen LogP contribution in [0.2, 0.25) is 5.02 Å². The van der Waals surface area contributed by atoms with Crippen LogP contribution < -0.4 is 5.56 Å². The molecule has 0 aromatic carbocycles. The summed E-state index contributed by atoms with van der Waals surface area (Å²) in [6, 6.07) is 0. The molecule has 15 heavy (non-hydrogen) atoms. The Morgan fingerprint density at radius 2 is 2.40 bits per heavy atom. The zero-order valence-electron chi connectivity index (χ0n) is 7.64. The van der Waals surface area contributed by atoms with E-state index in [9.17, 15) is 4.79 Å². The molecule has 0 saturated heterocycles. The molecule has 0 spiro atoms. The van der Waals surface area contributed by atoms with Gasteiger partial charge >= 0.3 is 0 Å². The third kappa shape index (κ3) is 2.02. The Morgan fingerprint density at radius 1 is 1.60 bits per heavy atom. The Hall–Kier alpha value is -1.34. The normalized spacial score (nSPS) is 10.5. The fourth-order valence-corrected chi connectivity index (χ4v) is 1.85. The predicted molar refractivity (Wildman–Crippen MR) is 55.0 cm³/mol. The lowest BCUT2D eigenvalue weighted by molar-refractivity contribution is 0.786. The Bertz CT molecular complexity index is 536. The third-order valence-corrected chi connectivity index (χ3v) is 3.14. The van der Waals surface area contributed by atoms with Crippen LogP contribution in [0.5, 0.6) is 0 Å². The first kappa shape index (κ1) is 10.2. The van der Waals surface area contributed by atoms with Crippen molar-refractivity contribution < 1.29 is 0 Å². The van der Waals surface area contributed by atoms with Gasteiger partial charge < -0.3 is 9.55 Å². The predicted octanol–water partition coefficient (Wildman–Crippen LogP) is 0.703. The molecule has 0 amide bonds. The average Bonchev–Trinajstić information content (AvgIpc) is 2.60. The molecule has 0 aliphatic carbocycles. The highest BCUT2D eigenvalue weighted by Gasteiger charge is 2.10. The number of nitrogens with zero attached hydrogens (tertiary/aromatic N) is 4. The number of aromatic nitrogens is 5. The summed E-state index contributed by atoms with van der Waals surface area (Å²) in [5, 5.41) is 8.65. The van der Waals surface area contributed by atoms with Gasteiger partial charge in [-0.2, -0.15) is 0 Å². The third-order valence-electron chi connectivity index (χ3n) is 1.62. The molecule has 6 nitrogen and oxygen atoms in total. The molecule has 0 saturated carbocycles. The number of halogens is 1. The fourth-order valence-electron chi connectivity index (χ4n) is 0.889. The molecule has 0 radical (unpaired) electrons. The summed E-state index contributed by atoms with van der Waals surface area (Å²) in [5.41, 5.74) is -0.365. The van der Waals surface area contributed by atoms with Gasteiger partial charge in [-0.15, -0.1) is 10.2 Å². The monoisotopic (exact) mass is 243 g/mol. The van der Waals surface area contributed by atoms with Gasteiger partial charge in [0.15, 0.2) is 5.16 Å². The van der Waals surface area contributed by atoms with Crippen molar-refractivity contribution in [2.45, 2.75) is 10.2 Å². The second-order valence-corrected chi connectivity index (χ2v) is 4.01. The highest BCUT2D eigenvalue weighted by Crippen LogP contribution is 2.26. The summed E-state index contributed by atoms with van der Waals surface area (Å²) >= 11 is 6.97. The van der Waals surface area contributed by atoms with E-state index < -0.39 is 0 Å². The Morgan fingerprint density at radius 3 is 3.07 bits per heavy atom. The van der Waals surface area contributed by atoms with Crippen LogP contribution in [-0.2, 0) is 7.05 Å². The smallest absolute Gasteiger partial charge is 0.270 e. The molecule has 0 aliphatic heterocycles. The zero-order valence-corrected chi connectivity index (χ0v) is 9.21. The van der Waals surface area contributed by atoms with Crippen LogP contribution in [0.4, 0.5) is 0 Å². The van der Waals surface area contributed by atoms with E-state index in [1.165, 1.54) is 18.1 Å². The van der Waals surface area contributed by atoms with Crippen LogP contribution in [0.3, 0.4) is 0 Å². The lowest BCUT2D eigenvalue weighted by atomic mass is 10.7. The lowest BCUT2D eigenvalue weighted by Gasteiger charge is -2.00. The van der Waals surface area contributed by atoms with Crippen LogP contribution in [-0.4, -0.2) is 24.7 Å². The molecule has 8 heteroatoms. The van der Waals surface area contributed by atoms with Crippen molar-refractivity contribution >= 4 is 23.4 Å². The molecule has 2 aromatic rings. The molecule has 2 heterocycles. The Labute approximate surface area is 93.7 Å². The maximum Gasteiger partial charge on any atom is 0.270 e. The second kappa shape index (κ2) is 4.03. The van der Waals surface area contributed by atoms with E-state index in [1.807, 2.05) is 0 Å². The van der Waals surface area contributed by atoms with Crippen molar-refractivity contribution in [3.8, 4) is 0 Å². The second-order valence-electron chi connectivity index (χ2n) is 2.68. The molecule has 0 fully saturated rings. The fraction of sp³-hybridized carbons (Fsp3) is 0.143. The van der Waals surface area contributed by atoms with E-state index in [0.29, 0.717) is 10.2 Å². The van der Waals surface area contributed by atoms with Gasteiger partial charge in [0, 0.05) is 7.05 Å². The zero-order chi connectivity index (χ0) is 10.8. The number of rotatable bonds is 2. The van der Waals surface area contributed by atoms with Crippen LogP contribution in [0.25, 0.3) is 0 Å². The summed E-state index contributed by atoms with van der Waals surface area (Å²) in [5.74, 6) is 0. The van der Waals surface area contributed by atoms with E-state index in [1.54, 1.807) is 17.9 Å². The largest absolute Gasteiger partial charge is 0.312 e. The number of hydrogen-bond donors (Lipinski definition) is 1. The average molecular weight is 244 g/mol. The lowest BCUT2D eigenvalue weighted by Crippen LogP contribution is -2.07. The molecule has 1 N–H and O–H groups in total. The van der Waals surface area contributed by atoms with Crippen molar-refractivity contribution in [2.75, 3.05) is 0 Å². The van der Waals surface area contributed by atoms with Gasteiger partial charge in [0.1, 0.15) is 16.4 Å². The van der Waals surface area contributed by atoms with Crippen LogP contribution in [0.15, 0.2) is 27.6 Å². The number of aryl methyl sites for hydroxylation is 1. The van der Waals surface area contributed by atoms with E-state index >= 15 is 0 Å². The quantitative estimate of drug-likeness (QED) is 0.786. The first-order valence-corrected chi connectivity index (χ1v) is 5.13. The van der Waals surface area contributed by atoms with Crippen molar-refractivity contribution in [3.05, 3.63) is 28.0 Å². The highest BCUT2D eigenvalue weighted by molar-refractivity contribution is 7.99. The molecule has 0 aliphatic rings. The van der Waals surface area contributed by atoms with Crippen molar-refractivity contribution in [1.29, 1.82) is 0 Å². The van der Waals surface area contributed by atoms with Gasteiger partial charge in [0.2, 0.25) is 0 Å². The van der Waals surface area contributed by atoms with Gasteiger partial charge in [-0.3, -0.25) is 4.79 Å². The van der Waals surface area contributed by atoms with Gasteiger partial charge in [0.05, 0.1) is 6.33 Å². The molecule has 2 rings (SSSR count). The van der Waals surface area contributed by atoms with Gasteiger partial charge in [0.25, 0.3) is 5.56 Å². The summed E-state index contributed by atoms with van der Waals surface area (Å²) < 4.78 is 1.71. The first-order valence-electron chi connectivity index (χ1n) is 3.93. The Balaban J connectivity index is 2.37. The van der Waals surface area contributed by atoms with Crippen LogP contribution in [0.1, 0.15) is 0 Å². The van der Waals surface area contributed by atoms with Crippen molar-refractivity contribution in [1.82, 2.24) is 24.7 Å². The van der Waals surface area contributed by atoms with E-state index in [-0.39, 0.29) is 10.6 Å². The molecule has 0 unspecified atom stereocenters. The number of aromatic amines is 1. The summed E-state index contributed by atoms with van der Waals surface area (Å²) in [6.07, 6.45) is 2.86. The molecule has 0 bridgehead atoms. The van der Waals surface area contributed by atoms with Crippen molar-refractivity contribution in [3.63, 3.8) is 0 Å². The highest BCUT2D eigenvalue weighted by atomic mass is 35.5. The molecular weight excluding hydrogens is 238 g/mol. The topological polar surface area (TPSA) is 76.5 Å². The summed E-state index contributed by atoms with van der Waals surface area (Å²) in [7, 11) is 1.80. The number of H-pyrrole nitrogens is 1. The van der Waals surface area contributed by atoms with Gasteiger partial charge in [-0.1, -0.05) is 11.6 Å². The van der Waals surface area contributed by atoms with E-state index in [4.69, 9.17) is 11.6 Å². The minimum Gasteiger partial charge on any atom is -0.312 e. The maximum atomic E-state index is 11.2. The minimum atomic E-state index is -0.365. The number of nitrogens with one attached hydrogen (secondary N) is 1. The molecule has 78 valence electrons. The number of hydrogen-bond acceptors (Lipinski definition) is 5. The van der Waals surface area contributed by atoms with Gasteiger partial charge in [-0.25, -0.2) is 4.98 Å². The molecule has 2 aromatic heterocycles. The molecular formula is C7H6ClN5OS. The van der Waals surface area contributed by atoms with Crippen molar-refractivity contribution in [2.24, 2.45) is 7.05 Å². The SMILES string of the molecule is Cn1cnnc1Sc1nc[nH]c(=O)c1Cl. The minimum absolute atomic E-state index is 0.0606. The van der Waals surface area contributed by atoms with E-state index in [0.717, 1.165) is 0 Å². The summed E-state index contributed by atoms with van der Waals surface area (Å²) in [4.78, 5) is 17.5. The van der Waals surface area contributed by atoms with E-state index in [2.05, 4.69) is 20.2 Å². The molecule has 0 atom stereocenters. The maximum absolute atomic E-state index is 11.2. The standard InChI is InChI=1S/C7H6ClN5OS/c1-13-3-11-12-7(13)15-6-4(8)5(14)9-2-10-6/h2-3H,1H3,(H,9,10,14).